The highest BCUT2D eigenvalue weighted by molar-refractivity contribution is 9.10. The van der Waals surface area contributed by atoms with Gasteiger partial charge in [-0.1, -0.05) is 15.9 Å². The minimum atomic E-state index is -3.33. The lowest BCUT2D eigenvalue weighted by molar-refractivity contribution is -0.119. The molecule has 0 heterocycles. The number of halogens is 1. The van der Waals surface area contributed by atoms with Crippen LogP contribution in [-0.4, -0.2) is 32.1 Å². The van der Waals surface area contributed by atoms with E-state index in [0.29, 0.717) is 6.54 Å². The van der Waals surface area contributed by atoms with Gasteiger partial charge in [-0.2, -0.15) is 0 Å². The quantitative estimate of drug-likeness (QED) is 0.647. The molecule has 0 spiro atoms. The van der Waals surface area contributed by atoms with Crippen LogP contribution in [0.2, 0.25) is 0 Å². The zero-order valence-electron chi connectivity index (χ0n) is 6.63. The van der Waals surface area contributed by atoms with Crippen LogP contribution in [0.4, 0.5) is 0 Å². The molecule has 1 amide bonds. The molecule has 0 saturated heterocycles. The third-order valence-electron chi connectivity index (χ3n) is 0.970. The van der Waals surface area contributed by atoms with Crippen LogP contribution in [0.25, 0.3) is 0 Å². The molecular formula is C5H11BrN2O3S. The van der Waals surface area contributed by atoms with E-state index < -0.39 is 10.0 Å². The van der Waals surface area contributed by atoms with Gasteiger partial charge in [-0.15, -0.1) is 0 Å². The summed E-state index contributed by atoms with van der Waals surface area (Å²) in [4.78, 5) is 10.8. The molecule has 0 aromatic heterocycles. The normalized spacial score (nSPS) is 11.2. The van der Waals surface area contributed by atoms with E-state index >= 15 is 0 Å². The molecule has 0 aromatic rings. The molecule has 0 aromatic carbocycles. The summed E-state index contributed by atoms with van der Waals surface area (Å²) < 4.78 is 23.5. The SMILES string of the molecule is CCNC(=O)CNS(=O)(=O)CBr. The van der Waals surface area contributed by atoms with Crippen molar-refractivity contribution < 1.29 is 13.2 Å². The van der Waals surface area contributed by atoms with Crippen LogP contribution in [-0.2, 0) is 14.8 Å². The molecule has 0 aliphatic rings. The maximum atomic E-state index is 10.8. The Labute approximate surface area is 80.1 Å². The predicted molar refractivity (Wildman–Crippen MR) is 49.4 cm³/mol. The number of nitrogens with one attached hydrogen (secondary N) is 2. The van der Waals surface area contributed by atoms with E-state index in [4.69, 9.17) is 0 Å². The Bertz CT molecular complexity index is 239. The van der Waals surface area contributed by atoms with Crippen LogP contribution in [0, 0.1) is 0 Å². The first kappa shape index (κ1) is 11.9. The minimum absolute atomic E-state index is 0.195. The van der Waals surface area contributed by atoms with Crippen LogP contribution < -0.4 is 10.0 Å². The number of hydrogen-bond acceptors (Lipinski definition) is 3. The molecule has 0 bridgehead atoms. The second kappa shape index (κ2) is 5.50. The molecule has 0 fully saturated rings. The highest BCUT2D eigenvalue weighted by Gasteiger charge is 2.08. The first-order valence-electron chi connectivity index (χ1n) is 3.32. The van der Waals surface area contributed by atoms with Gasteiger partial charge in [-0.05, 0) is 6.92 Å². The molecule has 72 valence electrons. The van der Waals surface area contributed by atoms with Crippen molar-refractivity contribution in [2.75, 3.05) is 17.8 Å². The van der Waals surface area contributed by atoms with Crippen molar-refractivity contribution in [3.05, 3.63) is 0 Å². The van der Waals surface area contributed by atoms with Gasteiger partial charge in [-0.3, -0.25) is 4.79 Å². The number of sulfonamides is 1. The number of carbonyl (C=O) groups excluding carboxylic acids is 1. The van der Waals surface area contributed by atoms with E-state index in [1.807, 2.05) is 0 Å². The highest BCUT2D eigenvalue weighted by Crippen LogP contribution is 1.89. The number of amides is 1. The molecule has 0 rings (SSSR count). The lowest BCUT2D eigenvalue weighted by atomic mass is 10.6. The monoisotopic (exact) mass is 258 g/mol. The smallest absolute Gasteiger partial charge is 0.235 e. The van der Waals surface area contributed by atoms with E-state index in [9.17, 15) is 13.2 Å². The summed E-state index contributed by atoms with van der Waals surface area (Å²) >= 11 is 2.78. The molecule has 0 aliphatic carbocycles. The van der Waals surface area contributed by atoms with Gasteiger partial charge in [-0.25, -0.2) is 13.1 Å². The van der Waals surface area contributed by atoms with E-state index in [0.717, 1.165) is 0 Å². The molecule has 0 atom stereocenters. The molecule has 12 heavy (non-hydrogen) atoms. The largest absolute Gasteiger partial charge is 0.355 e. The van der Waals surface area contributed by atoms with Crippen LogP contribution >= 0.6 is 15.9 Å². The van der Waals surface area contributed by atoms with Crippen molar-refractivity contribution in [3.63, 3.8) is 0 Å². The van der Waals surface area contributed by atoms with Gasteiger partial charge < -0.3 is 5.32 Å². The van der Waals surface area contributed by atoms with Crippen LogP contribution in [0.15, 0.2) is 0 Å². The fourth-order valence-corrected chi connectivity index (χ4v) is 1.39. The van der Waals surface area contributed by atoms with Crippen LogP contribution in [0.1, 0.15) is 6.92 Å². The fourth-order valence-electron chi connectivity index (χ4n) is 0.474. The van der Waals surface area contributed by atoms with E-state index in [1.54, 1.807) is 6.92 Å². The Morgan fingerprint density at radius 2 is 2.08 bits per heavy atom. The van der Waals surface area contributed by atoms with E-state index in [-0.39, 0.29) is 17.1 Å². The van der Waals surface area contributed by atoms with Gasteiger partial charge in [0, 0.05) is 6.54 Å². The Balaban J connectivity index is 3.76. The number of rotatable bonds is 5. The van der Waals surface area contributed by atoms with Gasteiger partial charge in [0.2, 0.25) is 15.9 Å². The van der Waals surface area contributed by atoms with Gasteiger partial charge in [0.15, 0.2) is 0 Å². The molecule has 5 nitrogen and oxygen atoms in total. The molecule has 0 radical (unpaired) electrons. The highest BCUT2D eigenvalue weighted by atomic mass is 79.9. The number of hydrogen-bond donors (Lipinski definition) is 2. The van der Waals surface area contributed by atoms with Gasteiger partial charge in [0.1, 0.15) is 4.66 Å². The van der Waals surface area contributed by atoms with Crippen molar-refractivity contribution in [2.24, 2.45) is 0 Å². The molecular weight excluding hydrogens is 248 g/mol. The van der Waals surface area contributed by atoms with Crippen LogP contribution in [0.5, 0.6) is 0 Å². The minimum Gasteiger partial charge on any atom is -0.355 e. The second-order valence-corrected chi connectivity index (χ2v) is 5.11. The summed E-state index contributed by atoms with van der Waals surface area (Å²) in [5.41, 5.74) is 0. The maximum absolute atomic E-state index is 10.8. The molecule has 0 unspecified atom stereocenters. The van der Waals surface area contributed by atoms with Crippen molar-refractivity contribution >= 4 is 31.9 Å². The van der Waals surface area contributed by atoms with E-state index in [1.165, 1.54) is 0 Å². The second-order valence-electron chi connectivity index (χ2n) is 2.00. The third kappa shape index (κ3) is 5.50. The van der Waals surface area contributed by atoms with Crippen molar-refractivity contribution in [1.29, 1.82) is 0 Å². The van der Waals surface area contributed by atoms with Crippen molar-refractivity contribution in [3.8, 4) is 0 Å². The first-order valence-corrected chi connectivity index (χ1v) is 6.09. The topological polar surface area (TPSA) is 75.3 Å². The van der Waals surface area contributed by atoms with Crippen molar-refractivity contribution in [2.45, 2.75) is 6.92 Å². The average Bonchev–Trinajstić information content (AvgIpc) is 2.02. The number of carbonyl (C=O) groups is 1. The molecule has 2 N–H and O–H groups in total. The standard InChI is InChI=1S/C5H11BrN2O3S/c1-2-7-5(9)3-8-12(10,11)4-6/h8H,2-4H2,1H3,(H,7,9). The summed E-state index contributed by atoms with van der Waals surface area (Å²) in [7, 11) is -3.33. The van der Waals surface area contributed by atoms with Crippen LogP contribution in [0.3, 0.4) is 0 Å². The van der Waals surface area contributed by atoms with Gasteiger partial charge >= 0.3 is 0 Å². The average molecular weight is 259 g/mol. The van der Waals surface area contributed by atoms with Gasteiger partial charge in [0.25, 0.3) is 0 Å². The predicted octanol–water partition coefficient (Wildman–Crippen LogP) is -0.606. The Hall–Kier alpha value is -0.140. The van der Waals surface area contributed by atoms with E-state index in [2.05, 4.69) is 26.0 Å². The van der Waals surface area contributed by atoms with Crippen molar-refractivity contribution in [1.82, 2.24) is 10.0 Å². The Morgan fingerprint density at radius 1 is 1.50 bits per heavy atom. The maximum Gasteiger partial charge on any atom is 0.235 e. The zero-order chi connectivity index (χ0) is 9.61. The molecule has 7 heteroatoms. The summed E-state index contributed by atoms with van der Waals surface area (Å²) in [6, 6.07) is 0. The first-order chi connectivity index (χ1) is 5.52. The molecule has 0 aliphatic heterocycles. The summed E-state index contributed by atoms with van der Waals surface area (Å²) in [6.45, 7) is 2.05. The zero-order valence-corrected chi connectivity index (χ0v) is 9.03. The van der Waals surface area contributed by atoms with Gasteiger partial charge in [0.05, 0.1) is 6.54 Å². The Kier molecular flexibility index (Phi) is 5.43. The lowest BCUT2D eigenvalue weighted by Crippen LogP contribution is -2.37. The lowest BCUT2D eigenvalue weighted by Gasteiger charge is -2.03. The third-order valence-corrected chi connectivity index (χ3v) is 3.65. The molecule has 0 saturated carbocycles. The number of alkyl halides is 1. The summed E-state index contributed by atoms with van der Waals surface area (Å²) in [5, 5.41) is 2.46. The fraction of sp³-hybridized carbons (Fsp3) is 0.800. The Morgan fingerprint density at radius 3 is 2.50 bits per heavy atom. The number of likely N-dealkylation sites (N-methyl/N-ethyl adjacent to an activating group) is 1. The summed E-state index contributed by atoms with van der Waals surface area (Å²) in [5.74, 6) is -0.331. The summed E-state index contributed by atoms with van der Waals surface area (Å²) in [6.07, 6.45) is 0.